The highest BCUT2D eigenvalue weighted by Crippen LogP contribution is 2.24. The van der Waals surface area contributed by atoms with Crippen LogP contribution in [0, 0.1) is 23.1 Å². The van der Waals surface area contributed by atoms with E-state index in [0.717, 1.165) is 6.07 Å². The van der Waals surface area contributed by atoms with Gasteiger partial charge in [-0.15, -0.1) is 0 Å². The molecule has 0 spiro atoms. The number of hydrogen-bond donors (Lipinski definition) is 0. The van der Waals surface area contributed by atoms with Gasteiger partial charge < -0.3 is 0 Å². The summed E-state index contributed by atoms with van der Waals surface area (Å²) in [7, 11) is 0. The Hall–Kier alpha value is -1.64. The lowest BCUT2D eigenvalue weighted by Gasteiger charge is -2.02. The molecule has 68 valence electrons. The van der Waals surface area contributed by atoms with Gasteiger partial charge in [0.05, 0.1) is 5.56 Å². The highest BCUT2D eigenvalue weighted by Gasteiger charge is 2.20. The van der Waals surface area contributed by atoms with E-state index in [-0.39, 0.29) is 0 Å². The van der Waals surface area contributed by atoms with Crippen LogP contribution in [0.15, 0.2) is 6.20 Å². The van der Waals surface area contributed by atoms with Crippen LogP contribution in [-0.2, 0) is 0 Å². The molecule has 0 fully saturated rings. The van der Waals surface area contributed by atoms with Crippen molar-refractivity contribution in [3.05, 3.63) is 29.1 Å². The third-order valence-corrected chi connectivity index (χ3v) is 1.35. The fourth-order valence-corrected chi connectivity index (χ4v) is 0.756. The van der Waals surface area contributed by atoms with Gasteiger partial charge in [0.25, 0.3) is 6.43 Å². The van der Waals surface area contributed by atoms with Crippen molar-refractivity contribution in [2.24, 2.45) is 0 Å². The summed E-state index contributed by atoms with van der Waals surface area (Å²) in [6.45, 7) is 0. The molecule has 0 aromatic carbocycles. The van der Waals surface area contributed by atoms with E-state index in [4.69, 9.17) is 5.26 Å². The minimum atomic E-state index is -3.04. The van der Waals surface area contributed by atoms with Crippen molar-refractivity contribution in [1.29, 1.82) is 5.26 Å². The predicted octanol–water partition coefficient (Wildman–Crippen LogP) is 2.17. The molecule has 0 aliphatic rings. The van der Waals surface area contributed by atoms with E-state index < -0.39 is 29.3 Å². The molecule has 6 heteroatoms. The summed E-state index contributed by atoms with van der Waals surface area (Å²) in [5, 5.41) is 8.25. The third kappa shape index (κ3) is 1.59. The van der Waals surface area contributed by atoms with Crippen molar-refractivity contribution in [3.63, 3.8) is 0 Å². The zero-order valence-electron chi connectivity index (χ0n) is 6.06. The fourth-order valence-electron chi connectivity index (χ4n) is 0.756. The van der Waals surface area contributed by atoms with Gasteiger partial charge in [-0.3, -0.25) is 0 Å². The third-order valence-electron chi connectivity index (χ3n) is 1.35. The average molecular weight is 190 g/mol. The molecule has 1 aromatic rings. The monoisotopic (exact) mass is 190 g/mol. The lowest BCUT2D eigenvalue weighted by molar-refractivity contribution is 0.149. The predicted molar refractivity (Wildman–Crippen MR) is 33.8 cm³/mol. The summed E-state index contributed by atoms with van der Waals surface area (Å²) in [6, 6.07) is 1.15. The van der Waals surface area contributed by atoms with Gasteiger partial charge in [-0.1, -0.05) is 0 Å². The molecular formula is C7H2F4N2. The van der Waals surface area contributed by atoms with Crippen molar-refractivity contribution in [2.45, 2.75) is 6.43 Å². The van der Waals surface area contributed by atoms with E-state index in [2.05, 4.69) is 4.98 Å². The van der Waals surface area contributed by atoms with Gasteiger partial charge in [-0.25, -0.2) is 18.2 Å². The molecule has 0 aliphatic heterocycles. The molecule has 0 bridgehead atoms. The molecule has 0 radical (unpaired) electrons. The van der Waals surface area contributed by atoms with Crippen LogP contribution in [0.4, 0.5) is 17.6 Å². The maximum absolute atomic E-state index is 12.6. The van der Waals surface area contributed by atoms with Crippen molar-refractivity contribution in [2.75, 3.05) is 0 Å². The number of nitriles is 1. The standard InChI is InChI=1S/C7H2F4N2/c8-5-3(1-12)4(6(9)10)2-13-7(5)11/h2,6H. The molecule has 1 rings (SSSR count). The van der Waals surface area contributed by atoms with Gasteiger partial charge >= 0.3 is 0 Å². The Labute approximate surface area is 70.4 Å². The number of nitrogens with zero attached hydrogens (tertiary/aromatic N) is 2. The summed E-state index contributed by atoms with van der Waals surface area (Å²) < 4.78 is 49.0. The van der Waals surface area contributed by atoms with Crippen molar-refractivity contribution < 1.29 is 17.6 Å². The van der Waals surface area contributed by atoms with Gasteiger partial charge in [-0.2, -0.15) is 9.65 Å². The largest absolute Gasteiger partial charge is 0.266 e. The topological polar surface area (TPSA) is 36.7 Å². The molecule has 0 saturated carbocycles. The maximum atomic E-state index is 12.6. The quantitative estimate of drug-likeness (QED) is 0.502. The second kappa shape index (κ2) is 3.39. The van der Waals surface area contributed by atoms with Crippen LogP contribution in [0.5, 0.6) is 0 Å². The molecule has 0 saturated heterocycles. The summed E-state index contributed by atoms with van der Waals surface area (Å²) in [5.74, 6) is -3.19. The molecule has 2 nitrogen and oxygen atoms in total. The molecule has 0 aliphatic carbocycles. The Kier molecular flexibility index (Phi) is 2.46. The Morgan fingerprint density at radius 2 is 2.00 bits per heavy atom. The second-order valence-corrected chi connectivity index (χ2v) is 2.11. The summed E-state index contributed by atoms with van der Waals surface area (Å²) in [4.78, 5) is 2.74. The number of pyridine rings is 1. The number of alkyl halides is 2. The highest BCUT2D eigenvalue weighted by molar-refractivity contribution is 5.37. The molecule has 1 aromatic heterocycles. The first-order chi connectivity index (χ1) is 6.07. The van der Waals surface area contributed by atoms with E-state index in [1.807, 2.05) is 0 Å². The van der Waals surface area contributed by atoms with Crippen LogP contribution in [0.25, 0.3) is 0 Å². The average Bonchev–Trinajstić information content (AvgIpc) is 2.09. The van der Waals surface area contributed by atoms with Crippen LogP contribution in [0.1, 0.15) is 17.6 Å². The number of halogens is 4. The zero-order valence-corrected chi connectivity index (χ0v) is 6.06. The molecule has 13 heavy (non-hydrogen) atoms. The van der Waals surface area contributed by atoms with E-state index in [0.29, 0.717) is 6.20 Å². The van der Waals surface area contributed by atoms with Gasteiger partial charge in [0, 0.05) is 6.20 Å². The van der Waals surface area contributed by atoms with Crippen molar-refractivity contribution in [1.82, 2.24) is 4.98 Å². The summed E-state index contributed by atoms with van der Waals surface area (Å²) in [6.07, 6.45) is -2.60. The van der Waals surface area contributed by atoms with Gasteiger partial charge in [0.15, 0.2) is 5.82 Å². The molecule has 1 heterocycles. The van der Waals surface area contributed by atoms with Gasteiger partial charge in [0.2, 0.25) is 5.95 Å². The van der Waals surface area contributed by atoms with Crippen molar-refractivity contribution >= 4 is 0 Å². The maximum Gasteiger partial charge on any atom is 0.266 e. The Balaban J connectivity index is 3.41. The van der Waals surface area contributed by atoms with Crippen LogP contribution in [0.3, 0.4) is 0 Å². The fraction of sp³-hybridized carbons (Fsp3) is 0.143. The summed E-state index contributed by atoms with van der Waals surface area (Å²) in [5.41, 5.74) is -1.90. The molecule has 0 unspecified atom stereocenters. The molecule has 0 N–H and O–H groups in total. The Morgan fingerprint density at radius 3 is 2.46 bits per heavy atom. The van der Waals surface area contributed by atoms with Crippen LogP contribution in [-0.4, -0.2) is 4.98 Å². The minimum Gasteiger partial charge on any atom is -0.225 e. The lowest BCUT2D eigenvalue weighted by Crippen LogP contribution is -2.00. The smallest absolute Gasteiger partial charge is 0.225 e. The number of hydrogen-bond acceptors (Lipinski definition) is 2. The highest BCUT2D eigenvalue weighted by atomic mass is 19.3. The minimum absolute atomic E-state index is 0.446. The van der Waals surface area contributed by atoms with Crippen LogP contribution < -0.4 is 0 Å². The van der Waals surface area contributed by atoms with E-state index in [1.54, 1.807) is 0 Å². The SMILES string of the molecule is N#Cc1c(C(F)F)cnc(F)c1F. The molecular weight excluding hydrogens is 188 g/mol. The zero-order chi connectivity index (χ0) is 10.0. The Morgan fingerprint density at radius 1 is 1.38 bits per heavy atom. The first-order valence-electron chi connectivity index (χ1n) is 3.10. The van der Waals surface area contributed by atoms with Gasteiger partial charge in [0.1, 0.15) is 11.6 Å². The number of aromatic nitrogens is 1. The first kappa shape index (κ1) is 9.45. The molecule has 0 amide bonds. The van der Waals surface area contributed by atoms with Gasteiger partial charge in [-0.05, 0) is 0 Å². The normalized spacial score (nSPS) is 10.2. The van der Waals surface area contributed by atoms with E-state index >= 15 is 0 Å². The van der Waals surface area contributed by atoms with E-state index in [9.17, 15) is 17.6 Å². The summed E-state index contributed by atoms with van der Waals surface area (Å²) >= 11 is 0. The molecule has 0 atom stereocenters. The lowest BCUT2D eigenvalue weighted by atomic mass is 10.1. The van der Waals surface area contributed by atoms with Crippen LogP contribution in [0.2, 0.25) is 0 Å². The van der Waals surface area contributed by atoms with Crippen LogP contribution >= 0.6 is 0 Å². The van der Waals surface area contributed by atoms with Crippen molar-refractivity contribution in [3.8, 4) is 6.07 Å². The first-order valence-corrected chi connectivity index (χ1v) is 3.10. The van der Waals surface area contributed by atoms with E-state index in [1.165, 1.54) is 0 Å². The second-order valence-electron chi connectivity index (χ2n) is 2.11. The number of rotatable bonds is 1. The Bertz CT molecular complexity index is 369.